The molecule has 1 fully saturated rings. The number of hydrogen-bond acceptors (Lipinski definition) is 7. The molecule has 1 saturated heterocycles. The van der Waals surface area contributed by atoms with Gasteiger partial charge in [-0.25, -0.2) is 4.98 Å². The average molecular weight is 387 g/mol. The highest BCUT2D eigenvalue weighted by molar-refractivity contribution is 7.14. The summed E-state index contributed by atoms with van der Waals surface area (Å²) in [5.41, 5.74) is 1.33. The molecule has 0 spiro atoms. The number of benzene rings is 1. The van der Waals surface area contributed by atoms with Crippen LogP contribution in [0.1, 0.15) is 35.8 Å². The lowest BCUT2D eigenvalue weighted by molar-refractivity contribution is -0.142. The molecule has 8 nitrogen and oxygen atoms in total. The standard InChI is InChI=1S/C18H17N3O5S/c1-2-26-16(24)9-12-10-27-18(19-12)20-17(25)11-3-5-13(6-4-11)21-14(22)7-8-15(21)23/h3-6,10H,2,7-9H2,1H3,(H,19,20,25). The number of amides is 3. The minimum absolute atomic E-state index is 0.0484. The van der Waals surface area contributed by atoms with Gasteiger partial charge in [-0.2, -0.15) is 0 Å². The smallest absolute Gasteiger partial charge is 0.311 e. The van der Waals surface area contributed by atoms with Crippen molar-refractivity contribution in [2.45, 2.75) is 26.2 Å². The van der Waals surface area contributed by atoms with Gasteiger partial charge in [-0.15, -0.1) is 11.3 Å². The fourth-order valence-corrected chi connectivity index (χ4v) is 3.31. The molecular weight excluding hydrogens is 370 g/mol. The first kappa shape index (κ1) is 18.7. The Morgan fingerprint density at radius 2 is 1.85 bits per heavy atom. The van der Waals surface area contributed by atoms with E-state index in [-0.39, 0.29) is 43.0 Å². The number of ether oxygens (including phenoxy) is 1. The predicted octanol–water partition coefficient (Wildman–Crippen LogP) is 2.15. The van der Waals surface area contributed by atoms with Crippen LogP contribution < -0.4 is 10.2 Å². The molecule has 2 heterocycles. The van der Waals surface area contributed by atoms with Crippen molar-refractivity contribution in [3.63, 3.8) is 0 Å². The Hall–Kier alpha value is -3.07. The molecule has 0 bridgehead atoms. The van der Waals surface area contributed by atoms with E-state index in [1.165, 1.54) is 23.5 Å². The Kier molecular flexibility index (Phi) is 5.60. The molecule has 0 radical (unpaired) electrons. The van der Waals surface area contributed by atoms with E-state index in [2.05, 4.69) is 10.3 Å². The molecule has 3 rings (SSSR count). The fourth-order valence-electron chi connectivity index (χ4n) is 2.60. The summed E-state index contributed by atoms with van der Waals surface area (Å²) in [6, 6.07) is 6.20. The molecule has 2 aromatic rings. The zero-order valence-corrected chi connectivity index (χ0v) is 15.4. The third kappa shape index (κ3) is 4.37. The van der Waals surface area contributed by atoms with E-state index in [1.54, 1.807) is 24.4 Å². The third-order valence-corrected chi connectivity index (χ3v) is 4.65. The Morgan fingerprint density at radius 1 is 1.19 bits per heavy atom. The van der Waals surface area contributed by atoms with Crippen LogP contribution in [0.2, 0.25) is 0 Å². The van der Waals surface area contributed by atoms with Crippen molar-refractivity contribution in [3.05, 3.63) is 40.9 Å². The molecule has 0 unspecified atom stereocenters. The zero-order chi connectivity index (χ0) is 19.4. The second kappa shape index (κ2) is 8.09. The SMILES string of the molecule is CCOC(=O)Cc1csc(NC(=O)c2ccc(N3C(=O)CCC3=O)cc2)n1. The Morgan fingerprint density at radius 3 is 2.48 bits per heavy atom. The van der Waals surface area contributed by atoms with Crippen LogP contribution in [-0.4, -0.2) is 35.3 Å². The summed E-state index contributed by atoms with van der Waals surface area (Å²) < 4.78 is 4.86. The van der Waals surface area contributed by atoms with Crippen LogP contribution in [0.15, 0.2) is 29.6 Å². The molecule has 27 heavy (non-hydrogen) atoms. The van der Waals surface area contributed by atoms with Crippen molar-refractivity contribution in [1.82, 2.24) is 4.98 Å². The Labute approximate surface area is 159 Å². The number of anilines is 2. The molecule has 1 aliphatic rings. The van der Waals surface area contributed by atoms with Gasteiger partial charge < -0.3 is 4.74 Å². The average Bonchev–Trinajstić information content (AvgIpc) is 3.21. The normalized spacial score (nSPS) is 13.7. The first-order chi connectivity index (χ1) is 13.0. The topological polar surface area (TPSA) is 106 Å². The lowest BCUT2D eigenvalue weighted by Crippen LogP contribution is -2.28. The van der Waals surface area contributed by atoms with Crippen molar-refractivity contribution in [3.8, 4) is 0 Å². The quantitative estimate of drug-likeness (QED) is 0.601. The number of aromatic nitrogens is 1. The third-order valence-electron chi connectivity index (χ3n) is 3.84. The van der Waals surface area contributed by atoms with Crippen LogP contribution in [0.4, 0.5) is 10.8 Å². The van der Waals surface area contributed by atoms with Crippen LogP contribution in [0.5, 0.6) is 0 Å². The largest absolute Gasteiger partial charge is 0.466 e. The van der Waals surface area contributed by atoms with Gasteiger partial charge in [0.25, 0.3) is 5.91 Å². The van der Waals surface area contributed by atoms with E-state index in [0.717, 1.165) is 4.90 Å². The molecule has 0 saturated carbocycles. The molecule has 1 aromatic heterocycles. The van der Waals surface area contributed by atoms with Crippen LogP contribution >= 0.6 is 11.3 Å². The maximum Gasteiger partial charge on any atom is 0.311 e. The van der Waals surface area contributed by atoms with Gasteiger partial charge in [0.1, 0.15) is 0 Å². The van der Waals surface area contributed by atoms with Gasteiger partial charge in [0, 0.05) is 23.8 Å². The molecule has 1 aromatic carbocycles. The first-order valence-corrected chi connectivity index (χ1v) is 9.23. The maximum atomic E-state index is 12.3. The summed E-state index contributed by atoms with van der Waals surface area (Å²) in [6.07, 6.45) is 0.464. The number of carbonyl (C=O) groups excluding carboxylic acids is 4. The Balaban J connectivity index is 1.63. The van der Waals surface area contributed by atoms with E-state index < -0.39 is 0 Å². The summed E-state index contributed by atoms with van der Waals surface area (Å²) in [6.45, 7) is 2.03. The van der Waals surface area contributed by atoms with Gasteiger partial charge in [-0.1, -0.05) is 0 Å². The summed E-state index contributed by atoms with van der Waals surface area (Å²) in [4.78, 5) is 52.6. The number of hydrogen-bond donors (Lipinski definition) is 1. The maximum absolute atomic E-state index is 12.3. The first-order valence-electron chi connectivity index (χ1n) is 8.35. The molecule has 3 amide bonds. The van der Waals surface area contributed by atoms with E-state index >= 15 is 0 Å². The van der Waals surface area contributed by atoms with Gasteiger partial charge >= 0.3 is 5.97 Å². The number of thiazole rings is 1. The minimum Gasteiger partial charge on any atom is -0.466 e. The molecule has 9 heteroatoms. The van der Waals surface area contributed by atoms with E-state index in [9.17, 15) is 19.2 Å². The van der Waals surface area contributed by atoms with Gasteiger partial charge in [-0.05, 0) is 31.2 Å². The number of imide groups is 1. The minimum atomic E-state index is -0.377. The van der Waals surface area contributed by atoms with Crippen LogP contribution in [0, 0.1) is 0 Å². The van der Waals surface area contributed by atoms with E-state index in [0.29, 0.717) is 28.7 Å². The molecule has 1 aliphatic heterocycles. The highest BCUT2D eigenvalue weighted by Gasteiger charge is 2.30. The van der Waals surface area contributed by atoms with Crippen LogP contribution in [0.25, 0.3) is 0 Å². The van der Waals surface area contributed by atoms with Crippen molar-refractivity contribution in [2.75, 3.05) is 16.8 Å². The van der Waals surface area contributed by atoms with Gasteiger partial charge in [0.2, 0.25) is 11.8 Å². The molecule has 140 valence electrons. The number of carbonyl (C=O) groups is 4. The summed E-state index contributed by atoms with van der Waals surface area (Å²) in [5, 5.41) is 4.71. The molecular formula is C18H17N3O5S. The zero-order valence-electron chi connectivity index (χ0n) is 14.6. The summed E-state index contributed by atoms with van der Waals surface area (Å²) >= 11 is 1.21. The molecule has 0 aliphatic carbocycles. The van der Waals surface area contributed by atoms with Crippen molar-refractivity contribution in [2.24, 2.45) is 0 Å². The van der Waals surface area contributed by atoms with Crippen molar-refractivity contribution < 1.29 is 23.9 Å². The number of rotatable bonds is 6. The highest BCUT2D eigenvalue weighted by atomic mass is 32.1. The van der Waals surface area contributed by atoms with Gasteiger partial charge in [-0.3, -0.25) is 29.4 Å². The summed E-state index contributed by atoms with van der Waals surface area (Å²) in [7, 11) is 0. The van der Waals surface area contributed by atoms with Gasteiger partial charge in [0.05, 0.1) is 24.4 Å². The molecule has 0 atom stereocenters. The lowest BCUT2D eigenvalue weighted by atomic mass is 10.2. The molecule has 1 N–H and O–H groups in total. The summed E-state index contributed by atoms with van der Waals surface area (Å²) in [5.74, 6) is -1.23. The van der Waals surface area contributed by atoms with Crippen LogP contribution in [0.3, 0.4) is 0 Å². The van der Waals surface area contributed by atoms with Crippen molar-refractivity contribution >= 4 is 45.8 Å². The number of esters is 1. The van der Waals surface area contributed by atoms with E-state index in [4.69, 9.17) is 4.74 Å². The highest BCUT2D eigenvalue weighted by Crippen LogP contribution is 2.23. The van der Waals surface area contributed by atoms with Crippen LogP contribution in [-0.2, 0) is 25.5 Å². The monoisotopic (exact) mass is 387 g/mol. The second-order valence-corrected chi connectivity index (χ2v) is 6.61. The van der Waals surface area contributed by atoms with Crippen molar-refractivity contribution in [1.29, 1.82) is 0 Å². The number of nitrogens with zero attached hydrogens (tertiary/aromatic N) is 2. The number of nitrogens with one attached hydrogen (secondary N) is 1. The second-order valence-electron chi connectivity index (χ2n) is 5.75. The van der Waals surface area contributed by atoms with E-state index in [1.807, 2.05) is 0 Å². The van der Waals surface area contributed by atoms with Gasteiger partial charge in [0.15, 0.2) is 5.13 Å². The fraction of sp³-hybridized carbons (Fsp3) is 0.278. The lowest BCUT2D eigenvalue weighted by Gasteiger charge is -2.13. The predicted molar refractivity (Wildman–Crippen MR) is 98.6 cm³/mol. The Bertz CT molecular complexity index is 875.